The first kappa shape index (κ1) is 21.4. The summed E-state index contributed by atoms with van der Waals surface area (Å²) in [6.07, 6.45) is -2.04. The van der Waals surface area contributed by atoms with Crippen LogP contribution in [-0.2, 0) is 23.1 Å². The second-order valence-electron chi connectivity index (χ2n) is 7.18. The fraction of sp³-hybridized carbons (Fsp3) is 0.688. The van der Waals surface area contributed by atoms with E-state index in [9.17, 15) is 24.1 Å². The van der Waals surface area contributed by atoms with E-state index in [0.717, 1.165) is 22.4 Å². The molecule has 10 nitrogen and oxygen atoms in total. The van der Waals surface area contributed by atoms with Crippen LogP contribution < -0.4 is 11.2 Å². The molecule has 0 bridgehead atoms. The molecule has 0 radical (unpaired) electrons. The standard InChI is InChI=1S/C16H21N2O8PS/c1-8(2)14(21)28-7-6-24-27(23)26-12-11-16(12,3)10(20)13(25-11)18-5-4-9(19)17-15(18)22/h4-5,8,10-13,20H,6-7H2,1-3H3/p+1/t10-,11+,12?,13+,16+/m0/s1. The molecule has 2 heterocycles. The van der Waals surface area contributed by atoms with E-state index in [0.29, 0.717) is 5.75 Å². The van der Waals surface area contributed by atoms with Crippen LogP contribution in [0.1, 0.15) is 27.0 Å². The monoisotopic (exact) mass is 433 g/mol. The molecule has 0 amide bonds. The van der Waals surface area contributed by atoms with Gasteiger partial charge in [-0.1, -0.05) is 32.5 Å². The molecule has 6 atom stereocenters. The number of hydrogen-bond acceptors (Lipinski definition) is 9. The lowest BCUT2D eigenvalue weighted by Crippen LogP contribution is -2.39. The highest BCUT2D eigenvalue weighted by Gasteiger charge is 2.78. The summed E-state index contributed by atoms with van der Waals surface area (Å²) in [5, 5.41) is 10.6. The summed E-state index contributed by atoms with van der Waals surface area (Å²) >= 11 is 1.11. The number of aliphatic hydroxyl groups is 1. The van der Waals surface area contributed by atoms with E-state index < -0.39 is 49.5 Å². The normalized spacial score (nSPS) is 31.7. The van der Waals surface area contributed by atoms with Crippen LogP contribution >= 0.6 is 20.0 Å². The van der Waals surface area contributed by atoms with Crippen LogP contribution in [0.25, 0.3) is 0 Å². The van der Waals surface area contributed by atoms with Crippen molar-refractivity contribution < 1.29 is 28.3 Å². The van der Waals surface area contributed by atoms with Gasteiger partial charge in [-0.2, -0.15) is 0 Å². The molecule has 154 valence electrons. The smallest absolute Gasteiger partial charge is 0.388 e. The van der Waals surface area contributed by atoms with Gasteiger partial charge in [0, 0.05) is 28.5 Å². The molecule has 28 heavy (non-hydrogen) atoms. The van der Waals surface area contributed by atoms with Crippen LogP contribution in [0.2, 0.25) is 0 Å². The van der Waals surface area contributed by atoms with Gasteiger partial charge in [0.2, 0.25) is 0 Å². The zero-order valence-corrected chi connectivity index (χ0v) is 17.3. The van der Waals surface area contributed by atoms with Crippen molar-refractivity contribution in [3.63, 3.8) is 0 Å². The van der Waals surface area contributed by atoms with Gasteiger partial charge in [-0.15, -0.1) is 9.05 Å². The number of thioether (sulfide) groups is 1. The van der Waals surface area contributed by atoms with Gasteiger partial charge in [0.1, 0.15) is 18.8 Å². The number of H-pyrrole nitrogens is 1. The number of carbonyl (C=O) groups excluding carboxylic acids is 1. The van der Waals surface area contributed by atoms with E-state index >= 15 is 0 Å². The third-order valence-corrected chi connectivity index (χ3v) is 6.83. The van der Waals surface area contributed by atoms with Crippen molar-refractivity contribution in [2.75, 3.05) is 12.4 Å². The summed E-state index contributed by atoms with van der Waals surface area (Å²) < 4.78 is 29.2. The summed E-state index contributed by atoms with van der Waals surface area (Å²) in [4.78, 5) is 36.6. The van der Waals surface area contributed by atoms with Crippen LogP contribution in [-0.4, -0.2) is 50.4 Å². The Morgan fingerprint density at radius 1 is 1.50 bits per heavy atom. The molecule has 2 aliphatic rings. The molecule has 1 aliphatic carbocycles. The van der Waals surface area contributed by atoms with Crippen molar-refractivity contribution in [3.05, 3.63) is 33.1 Å². The molecule has 3 rings (SSSR count). The fourth-order valence-electron chi connectivity index (χ4n) is 3.10. The van der Waals surface area contributed by atoms with E-state index in [1.165, 1.54) is 6.20 Å². The first-order chi connectivity index (χ1) is 13.2. The maximum absolute atomic E-state index is 12.0. The van der Waals surface area contributed by atoms with Crippen molar-refractivity contribution in [1.82, 2.24) is 9.55 Å². The Hall–Kier alpha value is -1.36. The van der Waals surface area contributed by atoms with Gasteiger partial charge >= 0.3 is 13.9 Å². The van der Waals surface area contributed by atoms with Gasteiger partial charge in [0.15, 0.2) is 17.4 Å². The number of ether oxygens (including phenoxy) is 1. The van der Waals surface area contributed by atoms with Crippen molar-refractivity contribution in [2.45, 2.75) is 45.3 Å². The second kappa shape index (κ2) is 8.17. The molecule has 1 aromatic rings. The zero-order chi connectivity index (χ0) is 20.6. The second-order valence-corrected chi connectivity index (χ2v) is 9.20. The predicted molar refractivity (Wildman–Crippen MR) is 100 cm³/mol. The van der Waals surface area contributed by atoms with Crippen LogP contribution in [0.5, 0.6) is 0 Å². The topological polar surface area (TPSA) is 137 Å². The number of aliphatic hydroxyl groups excluding tert-OH is 1. The summed E-state index contributed by atoms with van der Waals surface area (Å²) in [5.74, 6) is 0.283. The third-order valence-electron chi connectivity index (χ3n) is 4.91. The lowest BCUT2D eigenvalue weighted by atomic mass is 10.0. The Labute approximate surface area is 165 Å². The van der Waals surface area contributed by atoms with Crippen LogP contribution in [0.3, 0.4) is 0 Å². The van der Waals surface area contributed by atoms with Gasteiger partial charge in [-0.3, -0.25) is 19.1 Å². The maximum Gasteiger partial charge on any atom is 0.697 e. The molecule has 2 fully saturated rings. The lowest BCUT2D eigenvalue weighted by molar-refractivity contribution is -0.113. The highest BCUT2D eigenvalue weighted by Crippen LogP contribution is 2.63. The number of aromatic nitrogens is 2. The average molecular weight is 433 g/mol. The van der Waals surface area contributed by atoms with Crippen LogP contribution in [0, 0.1) is 11.3 Å². The molecule has 2 unspecified atom stereocenters. The van der Waals surface area contributed by atoms with E-state index in [1.54, 1.807) is 20.8 Å². The molecular weight excluding hydrogens is 411 g/mol. The molecule has 0 spiro atoms. The van der Waals surface area contributed by atoms with Crippen LogP contribution in [0.15, 0.2) is 21.9 Å². The number of nitrogens with one attached hydrogen (secondary N) is 1. The van der Waals surface area contributed by atoms with Gasteiger partial charge in [-0.25, -0.2) is 4.79 Å². The van der Waals surface area contributed by atoms with Crippen LogP contribution in [0.4, 0.5) is 0 Å². The maximum atomic E-state index is 12.0. The molecular formula is C16H22N2O8PS+. The first-order valence-corrected chi connectivity index (χ1v) is 10.8. The summed E-state index contributed by atoms with van der Waals surface area (Å²) in [7, 11) is -2.44. The lowest BCUT2D eigenvalue weighted by Gasteiger charge is -2.22. The summed E-state index contributed by atoms with van der Waals surface area (Å²) in [6.45, 7) is 5.38. The van der Waals surface area contributed by atoms with Crippen molar-refractivity contribution >= 4 is 25.1 Å². The number of rotatable bonds is 8. The number of nitrogens with zero attached hydrogens (tertiary/aromatic N) is 1. The molecule has 12 heteroatoms. The van der Waals surface area contributed by atoms with Crippen molar-refractivity contribution in [2.24, 2.45) is 11.3 Å². The fourth-order valence-corrected chi connectivity index (χ4v) is 4.75. The van der Waals surface area contributed by atoms with Gasteiger partial charge < -0.3 is 9.84 Å². The van der Waals surface area contributed by atoms with Gasteiger partial charge in [0.05, 0.1) is 5.41 Å². The van der Waals surface area contributed by atoms with Gasteiger partial charge in [-0.05, 0) is 0 Å². The third kappa shape index (κ3) is 4.00. The van der Waals surface area contributed by atoms with Gasteiger partial charge in [0.25, 0.3) is 5.56 Å². The molecule has 1 aliphatic heterocycles. The van der Waals surface area contributed by atoms with E-state index in [2.05, 4.69) is 4.98 Å². The van der Waals surface area contributed by atoms with E-state index in [4.69, 9.17) is 13.8 Å². The SMILES string of the molecule is CC(C)C(=O)SCCO[P+](=O)OC1[C@H]2O[C@@H](n3ccc(=O)[nH]c3=O)[C@H](O)[C@@]12C. The number of carbonyl (C=O) groups is 1. The Morgan fingerprint density at radius 3 is 2.79 bits per heavy atom. The number of fused-ring (bicyclic) bond motifs is 1. The minimum atomic E-state index is -2.44. The number of hydrogen-bond donors (Lipinski definition) is 2. The molecule has 1 aromatic heterocycles. The largest absolute Gasteiger partial charge is 0.697 e. The predicted octanol–water partition coefficient (Wildman–Crippen LogP) is 0.790. The van der Waals surface area contributed by atoms with Crippen molar-refractivity contribution in [3.8, 4) is 0 Å². The quantitative estimate of drug-likeness (QED) is 0.450. The molecule has 0 aromatic carbocycles. The first-order valence-electron chi connectivity index (χ1n) is 8.74. The average Bonchev–Trinajstić information content (AvgIpc) is 3.08. The summed E-state index contributed by atoms with van der Waals surface area (Å²) in [5.41, 5.74) is -2.09. The minimum absolute atomic E-state index is 0.0315. The zero-order valence-electron chi connectivity index (χ0n) is 15.6. The molecule has 1 saturated carbocycles. The molecule has 1 saturated heterocycles. The number of aromatic amines is 1. The Morgan fingerprint density at radius 2 is 2.21 bits per heavy atom. The highest BCUT2D eigenvalue weighted by atomic mass is 32.2. The Balaban J connectivity index is 1.50. The Bertz CT molecular complexity index is 886. The Kier molecular flexibility index (Phi) is 6.23. The highest BCUT2D eigenvalue weighted by molar-refractivity contribution is 8.13. The van der Waals surface area contributed by atoms with E-state index in [1.807, 2.05) is 0 Å². The summed E-state index contributed by atoms with van der Waals surface area (Å²) in [6, 6.07) is 1.16. The van der Waals surface area contributed by atoms with E-state index in [-0.39, 0.29) is 17.6 Å². The minimum Gasteiger partial charge on any atom is -0.388 e. The van der Waals surface area contributed by atoms with Crippen molar-refractivity contribution in [1.29, 1.82) is 0 Å². The molecule has 2 N–H and O–H groups in total.